The molecule has 2 N–H and O–H groups in total. The largest absolute Gasteiger partial charge is 0.439 e. The number of nitrogens with zero attached hydrogens (tertiary/aromatic N) is 4. The number of carbonyl (C=O) groups excluding carboxylic acids is 1. The predicted molar refractivity (Wildman–Crippen MR) is 103 cm³/mol. The molecule has 3 heterocycles. The maximum Gasteiger partial charge on any atom is 0.273 e. The Balaban J connectivity index is 1.30. The lowest BCUT2D eigenvalue weighted by molar-refractivity contribution is 0.0945. The van der Waals surface area contributed by atoms with Crippen molar-refractivity contribution >= 4 is 5.91 Å². The highest BCUT2D eigenvalue weighted by Crippen LogP contribution is 2.20. The third kappa shape index (κ3) is 4.94. The van der Waals surface area contributed by atoms with E-state index in [0.29, 0.717) is 23.9 Å². The van der Waals surface area contributed by atoms with Crippen molar-refractivity contribution in [3.8, 4) is 11.6 Å². The summed E-state index contributed by atoms with van der Waals surface area (Å²) in [6.07, 6.45) is 5.24. The minimum Gasteiger partial charge on any atom is -0.439 e. The zero-order chi connectivity index (χ0) is 20.1. The van der Waals surface area contributed by atoms with E-state index in [1.54, 1.807) is 41.3 Å². The van der Waals surface area contributed by atoms with Gasteiger partial charge in [-0.25, -0.2) is 14.1 Å². The molecule has 150 valence electrons. The van der Waals surface area contributed by atoms with Gasteiger partial charge < -0.3 is 15.4 Å². The second kappa shape index (κ2) is 8.78. The van der Waals surface area contributed by atoms with Crippen molar-refractivity contribution in [1.29, 1.82) is 0 Å². The van der Waals surface area contributed by atoms with Crippen LogP contribution in [0.3, 0.4) is 0 Å². The molecule has 2 aromatic heterocycles. The molecule has 9 heteroatoms. The Labute approximate surface area is 167 Å². The number of pyridine rings is 1. The van der Waals surface area contributed by atoms with Crippen molar-refractivity contribution in [2.24, 2.45) is 0 Å². The number of hydrogen-bond donors (Lipinski definition) is 2. The number of nitrogens with one attached hydrogen (secondary N) is 2. The van der Waals surface area contributed by atoms with E-state index in [-0.39, 0.29) is 17.8 Å². The van der Waals surface area contributed by atoms with Gasteiger partial charge in [0.1, 0.15) is 11.6 Å². The molecule has 0 unspecified atom stereocenters. The standard InChI is InChI=1S/C20H21FN6O2/c21-15-2-1-3-17(10-15)29-19-5-4-14(11-23-19)12-24-20(28)18-13-27(26-25-18)16-6-8-22-9-7-16/h1-5,10-11,13,16,22H,6-9,12H2,(H,24,28). The van der Waals surface area contributed by atoms with E-state index in [9.17, 15) is 9.18 Å². The van der Waals surface area contributed by atoms with Crippen LogP contribution in [0.15, 0.2) is 48.8 Å². The molecular formula is C20H21FN6O2. The van der Waals surface area contributed by atoms with Crippen LogP contribution in [-0.4, -0.2) is 39.0 Å². The summed E-state index contributed by atoms with van der Waals surface area (Å²) in [5.74, 6) is 0.0511. The number of amides is 1. The number of carbonyl (C=O) groups is 1. The van der Waals surface area contributed by atoms with Crippen LogP contribution in [0.5, 0.6) is 11.6 Å². The Hall–Kier alpha value is -3.33. The summed E-state index contributed by atoms with van der Waals surface area (Å²) in [6, 6.07) is 9.57. The van der Waals surface area contributed by atoms with Crippen molar-refractivity contribution in [3.05, 3.63) is 65.9 Å². The summed E-state index contributed by atoms with van der Waals surface area (Å²) in [7, 11) is 0. The van der Waals surface area contributed by atoms with E-state index in [2.05, 4.69) is 25.9 Å². The van der Waals surface area contributed by atoms with Crippen LogP contribution in [0.2, 0.25) is 0 Å². The lowest BCUT2D eigenvalue weighted by Gasteiger charge is -2.22. The molecular weight excluding hydrogens is 375 g/mol. The van der Waals surface area contributed by atoms with Crippen molar-refractivity contribution in [1.82, 2.24) is 30.6 Å². The molecule has 3 aromatic rings. The molecule has 8 nitrogen and oxygen atoms in total. The molecule has 1 aromatic carbocycles. The van der Waals surface area contributed by atoms with Crippen molar-refractivity contribution < 1.29 is 13.9 Å². The minimum atomic E-state index is -0.376. The first kappa shape index (κ1) is 19.0. The van der Waals surface area contributed by atoms with E-state index in [4.69, 9.17) is 4.74 Å². The smallest absolute Gasteiger partial charge is 0.273 e. The van der Waals surface area contributed by atoms with Gasteiger partial charge in [0.15, 0.2) is 5.69 Å². The van der Waals surface area contributed by atoms with Gasteiger partial charge in [-0.15, -0.1) is 5.10 Å². The Morgan fingerprint density at radius 2 is 2.14 bits per heavy atom. The van der Waals surface area contributed by atoms with Gasteiger partial charge in [-0.2, -0.15) is 0 Å². The van der Waals surface area contributed by atoms with Crippen LogP contribution in [-0.2, 0) is 6.54 Å². The third-order valence-electron chi connectivity index (χ3n) is 4.69. The summed E-state index contributed by atoms with van der Waals surface area (Å²) < 4.78 is 20.5. The molecule has 0 atom stereocenters. The Kier molecular flexibility index (Phi) is 5.76. The number of piperidine rings is 1. The van der Waals surface area contributed by atoms with E-state index in [0.717, 1.165) is 31.5 Å². The second-order valence-electron chi connectivity index (χ2n) is 6.81. The van der Waals surface area contributed by atoms with E-state index >= 15 is 0 Å². The highest BCUT2D eigenvalue weighted by atomic mass is 19.1. The van der Waals surface area contributed by atoms with Gasteiger partial charge >= 0.3 is 0 Å². The second-order valence-corrected chi connectivity index (χ2v) is 6.81. The summed E-state index contributed by atoms with van der Waals surface area (Å²) in [6.45, 7) is 2.18. The van der Waals surface area contributed by atoms with Gasteiger partial charge in [-0.3, -0.25) is 4.79 Å². The Bertz CT molecular complexity index is 969. The normalized spacial score (nSPS) is 14.5. The van der Waals surface area contributed by atoms with Gasteiger partial charge in [-0.1, -0.05) is 17.3 Å². The molecule has 1 aliphatic heterocycles. The molecule has 0 spiro atoms. The highest BCUT2D eigenvalue weighted by molar-refractivity contribution is 5.91. The number of benzene rings is 1. The average Bonchev–Trinajstić information content (AvgIpc) is 3.24. The number of ether oxygens (including phenoxy) is 1. The number of rotatable bonds is 6. The zero-order valence-electron chi connectivity index (χ0n) is 15.7. The van der Waals surface area contributed by atoms with Crippen LogP contribution in [0.25, 0.3) is 0 Å². The lowest BCUT2D eigenvalue weighted by Crippen LogP contribution is -2.29. The zero-order valence-corrected chi connectivity index (χ0v) is 15.7. The SMILES string of the molecule is O=C(NCc1ccc(Oc2cccc(F)c2)nc1)c1cn(C2CCNCC2)nn1. The third-order valence-corrected chi connectivity index (χ3v) is 4.69. The Morgan fingerprint density at radius 1 is 1.28 bits per heavy atom. The van der Waals surface area contributed by atoms with Gasteiger partial charge in [0.2, 0.25) is 5.88 Å². The molecule has 1 saturated heterocycles. The van der Waals surface area contributed by atoms with E-state index in [1.807, 2.05) is 0 Å². The molecule has 0 aliphatic carbocycles. The van der Waals surface area contributed by atoms with Crippen LogP contribution in [0.4, 0.5) is 4.39 Å². The van der Waals surface area contributed by atoms with Crippen LogP contribution >= 0.6 is 0 Å². The van der Waals surface area contributed by atoms with Crippen LogP contribution in [0, 0.1) is 5.82 Å². The maximum absolute atomic E-state index is 13.2. The quantitative estimate of drug-likeness (QED) is 0.665. The average molecular weight is 396 g/mol. The molecule has 1 amide bonds. The monoisotopic (exact) mass is 396 g/mol. The van der Waals surface area contributed by atoms with Crippen molar-refractivity contribution in [2.45, 2.75) is 25.4 Å². The first-order chi connectivity index (χ1) is 14.2. The van der Waals surface area contributed by atoms with Crippen molar-refractivity contribution in [3.63, 3.8) is 0 Å². The molecule has 29 heavy (non-hydrogen) atoms. The summed E-state index contributed by atoms with van der Waals surface area (Å²) in [5, 5.41) is 14.2. The fourth-order valence-electron chi connectivity index (χ4n) is 3.13. The van der Waals surface area contributed by atoms with E-state index < -0.39 is 0 Å². The van der Waals surface area contributed by atoms with Gasteiger partial charge in [0.05, 0.1) is 12.2 Å². The van der Waals surface area contributed by atoms with Gasteiger partial charge in [0.25, 0.3) is 5.91 Å². The minimum absolute atomic E-state index is 0.278. The number of aromatic nitrogens is 4. The lowest BCUT2D eigenvalue weighted by atomic mass is 10.1. The first-order valence-electron chi connectivity index (χ1n) is 9.46. The fraction of sp³-hybridized carbons (Fsp3) is 0.300. The first-order valence-corrected chi connectivity index (χ1v) is 9.46. The molecule has 0 saturated carbocycles. The molecule has 1 aliphatic rings. The van der Waals surface area contributed by atoms with Gasteiger partial charge in [-0.05, 0) is 43.6 Å². The number of halogens is 1. The Morgan fingerprint density at radius 3 is 2.90 bits per heavy atom. The molecule has 0 radical (unpaired) electrons. The summed E-state index contributed by atoms with van der Waals surface area (Å²) >= 11 is 0. The predicted octanol–water partition coefficient (Wildman–Crippen LogP) is 2.46. The molecule has 1 fully saturated rings. The van der Waals surface area contributed by atoms with Crippen LogP contribution in [0.1, 0.15) is 34.9 Å². The van der Waals surface area contributed by atoms with Gasteiger partial charge in [0, 0.05) is 24.9 Å². The highest BCUT2D eigenvalue weighted by Gasteiger charge is 2.18. The van der Waals surface area contributed by atoms with E-state index in [1.165, 1.54) is 12.1 Å². The topological polar surface area (TPSA) is 94.0 Å². The summed E-state index contributed by atoms with van der Waals surface area (Å²) in [4.78, 5) is 16.5. The summed E-state index contributed by atoms with van der Waals surface area (Å²) in [5.41, 5.74) is 1.10. The molecule has 4 rings (SSSR count). The molecule has 0 bridgehead atoms. The maximum atomic E-state index is 13.2. The van der Waals surface area contributed by atoms with Crippen molar-refractivity contribution in [2.75, 3.05) is 13.1 Å². The number of hydrogen-bond acceptors (Lipinski definition) is 6. The fourth-order valence-corrected chi connectivity index (χ4v) is 3.13. The van der Waals surface area contributed by atoms with Crippen LogP contribution < -0.4 is 15.4 Å².